The minimum Gasteiger partial charge on any atom is -0.323 e. The number of nitrogens with one attached hydrogen (secondary N) is 1. The van der Waals surface area contributed by atoms with Gasteiger partial charge < -0.3 is 5.32 Å². The Morgan fingerprint density at radius 3 is 2.72 bits per heavy atom. The van der Waals surface area contributed by atoms with Crippen molar-refractivity contribution in [1.82, 2.24) is 19.3 Å². The van der Waals surface area contributed by atoms with Crippen LogP contribution in [0.3, 0.4) is 0 Å². The Bertz CT molecular complexity index is 1300. The second-order valence-corrected chi connectivity index (χ2v) is 7.19. The second kappa shape index (κ2) is 7.69. The summed E-state index contributed by atoms with van der Waals surface area (Å²) in [7, 11) is 0. The molecule has 9 heteroatoms. The number of amides is 1. The molecular weight excluding hydrogens is 413 g/mol. The smallest absolute Gasteiger partial charge is 0.264 e. The van der Waals surface area contributed by atoms with Crippen molar-refractivity contribution >= 4 is 45.8 Å². The fourth-order valence-corrected chi connectivity index (χ4v) is 3.33. The van der Waals surface area contributed by atoms with Crippen LogP contribution in [0, 0.1) is 6.92 Å². The molecule has 0 saturated carbocycles. The third-order valence-electron chi connectivity index (χ3n) is 4.44. The molecule has 0 aliphatic rings. The molecule has 0 unspecified atom stereocenters. The van der Waals surface area contributed by atoms with E-state index in [9.17, 15) is 9.59 Å². The van der Waals surface area contributed by atoms with E-state index in [1.165, 1.54) is 17.1 Å². The lowest BCUT2D eigenvalue weighted by molar-refractivity contribution is -0.116. The van der Waals surface area contributed by atoms with Crippen molar-refractivity contribution in [3.63, 3.8) is 0 Å². The number of para-hydroxylation sites is 1. The summed E-state index contributed by atoms with van der Waals surface area (Å²) in [4.78, 5) is 29.5. The minimum absolute atomic E-state index is 0.222. The maximum atomic E-state index is 12.8. The Kier molecular flexibility index (Phi) is 5.08. The van der Waals surface area contributed by atoms with E-state index in [0.29, 0.717) is 21.7 Å². The predicted molar refractivity (Wildman–Crippen MR) is 113 cm³/mol. The highest BCUT2D eigenvalue weighted by molar-refractivity contribution is 6.43. The molecule has 2 aromatic heterocycles. The van der Waals surface area contributed by atoms with Crippen LogP contribution in [0.25, 0.3) is 16.7 Å². The monoisotopic (exact) mass is 427 g/mol. The summed E-state index contributed by atoms with van der Waals surface area (Å²) in [6.07, 6.45) is 2.79. The van der Waals surface area contributed by atoms with Gasteiger partial charge in [0.15, 0.2) is 5.65 Å². The van der Waals surface area contributed by atoms with E-state index in [-0.39, 0.29) is 17.1 Å². The number of carbonyl (C=O) groups excluding carboxylic acids is 1. The van der Waals surface area contributed by atoms with Crippen molar-refractivity contribution in [2.24, 2.45) is 0 Å². The van der Waals surface area contributed by atoms with Crippen molar-refractivity contribution < 1.29 is 4.79 Å². The van der Waals surface area contributed by atoms with Gasteiger partial charge in [0, 0.05) is 0 Å². The third-order valence-corrected chi connectivity index (χ3v) is 5.26. The number of hydrogen-bond donors (Lipinski definition) is 1. The van der Waals surface area contributed by atoms with Gasteiger partial charge in [0.05, 0.1) is 27.6 Å². The summed E-state index contributed by atoms with van der Waals surface area (Å²) in [6.45, 7) is 1.73. The molecule has 0 fully saturated rings. The average molecular weight is 428 g/mol. The molecule has 0 bridgehead atoms. The molecule has 0 radical (unpaired) electrons. The maximum Gasteiger partial charge on any atom is 0.264 e. The van der Waals surface area contributed by atoms with E-state index < -0.39 is 5.91 Å². The molecule has 1 N–H and O–H groups in total. The highest BCUT2D eigenvalue weighted by atomic mass is 35.5. The van der Waals surface area contributed by atoms with E-state index in [4.69, 9.17) is 23.2 Å². The molecule has 2 aromatic carbocycles. The van der Waals surface area contributed by atoms with Gasteiger partial charge in [-0.05, 0) is 30.7 Å². The topological polar surface area (TPSA) is 81.8 Å². The summed E-state index contributed by atoms with van der Waals surface area (Å²) >= 11 is 12.0. The Morgan fingerprint density at radius 2 is 1.93 bits per heavy atom. The van der Waals surface area contributed by atoms with Gasteiger partial charge in [0.1, 0.15) is 18.3 Å². The third kappa shape index (κ3) is 3.62. The van der Waals surface area contributed by atoms with Gasteiger partial charge in [-0.15, -0.1) is 0 Å². The van der Waals surface area contributed by atoms with Crippen LogP contribution in [0.15, 0.2) is 59.8 Å². The number of benzene rings is 2. The van der Waals surface area contributed by atoms with Gasteiger partial charge in [-0.2, -0.15) is 5.10 Å². The minimum atomic E-state index is -0.427. The summed E-state index contributed by atoms with van der Waals surface area (Å²) in [5.74, 6) is -0.427. The van der Waals surface area contributed by atoms with Gasteiger partial charge in [-0.3, -0.25) is 14.2 Å². The second-order valence-electron chi connectivity index (χ2n) is 6.41. The number of rotatable bonds is 4. The van der Waals surface area contributed by atoms with E-state index in [1.54, 1.807) is 22.9 Å². The van der Waals surface area contributed by atoms with Crippen LogP contribution in [0.5, 0.6) is 0 Å². The van der Waals surface area contributed by atoms with E-state index in [1.807, 2.05) is 31.2 Å². The Morgan fingerprint density at radius 1 is 1.14 bits per heavy atom. The highest BCUT2D eigenvalue weighted by Crippen LogP contribution is 2.29. The summed E-state index contributed by atoms with van der Waals surface area (Å²) in [5.41, 5.74) is 2.28. The molecule has 0 atom stereocenters. The SMILES string of the molecule is Cc1ccccc1-n1ncc2c(=O)n(CC(=O)Nc3cccc(Cl)c3Cl)cnc21. The van der Waals surface area contributed by atoms with E-state index in [2.05, 4.69) is 15.4 Å². The zero-order chi connectivity index (χ0) is 20.5. The molecule has 146 valence electrons. The first kappa shape index (κ1) is 19.2. The molecule has 4 aromatic rings. The first-order valence-electron chi connectivity index (χ1n) is 8.69. The fraction of sp³-hybridized carbons (Fsp3) is 0.100. The largest absolute Gasteiger partial charge is 0.323 e. The van der Waals surface area contributed by atoms with Crippen LogP contribution in [0.4, 0.5) is 5.69 Å². The number of fused-ring (bicyclic) bond motifs is 1. The van der Waals surface area contributed by atoms with Crippen LogP contribution in [-0.2, 0) is 11.3 Å². The Labute approximate surface area is 175 Å². The van der Waals surface area contributed by atoms with Crippen molar-refractivity contribution in [3.8, 4) is 5.69 Å². The van der Waals surface area contributed by atoms with Gasteiger partial charge in [-0.25, -0.2) is 9.67 Å². The predicted octanol–water partition coefficient (Wildman–Crippen LogP) is 3.84. The van der Waals surface area contributed by atoms with Gasteiger partial charge >= 0.3 is 0 Å². The molecule has 2 heterocycles. The summed E-state index contributed by atoms with van der Waals surface area (Å²) < 4.78 is 2.84. The molecular formula is C20H15Cl2N5O2. The average Bonchev–Trinajstić information content (AvgIpc) is 3.13. The number of halogens is 2. The molecule has 0 aliphatic heterocycles. The highest BCUT2D eigenvalue weighted by Gasteiger charge is 2.15. The number of aromatic nitrogens is 4. The molecule has 1 amide bonds. The lowest BCUT2D eigenvalue weighted by Gasteiger charge is -2.10. The molecule has 7 nitrogen and oxygen atoms in total. The number of nitrogens with zero attached hydrogens (tertiary/aromatic N) is 4. The number of aryl methyl sites for hydroxylation is 1. The van der Waals surface area contributed by atoms with Gasteiger partial charge in [0.2, 0.25) is 5.91 Å². The zero-order valence-electron chi connectivity index (χ0n) is 15.3. The van der Waals surface area contributed by atoms with Gasteiger partial charge in [0.25, 0.3) is 5.56 Å². The van der Waals surface area contributed by atoms with E-state index >= 15 is 0 Å². The van der Waals surface area contributed by atoms with Crippen LogP contribution in [0.2, 0.25) is 10.0 Å². The quantitative estimate of drug-likeness (QED) is 0.536. The molecule has 0 saturated heterocycles. The Balaban J connectivity index is 1.63. The van der Waals surface area contributed by atoms with Crippen molar-refractivity contribution in [2.75, 3.05) is 5.32 Å². The summed E-state index contributed by atoms with van der Waals surface area (Å²) in [6, 6.07) is 12.6. The number of hydrogen-bond acceptors (Lipinski definition) is 4. The van der Waals surface area contributed by atoms with Crippen LogP contribution >= 0.6 is 23.2 Å². The first-order chi connectivity index (χ1) is 14.0. The van der Waals surface area contributed by atoms with Gasteiger partial charge in [-0.1, -0.05) is 47.5 Å². The standard InChI is InChI=1S/C20H15Cl2N5O2/c1-12-5-2-3-8-16(12)27-19-13(9-24-27)20(29)26(11-23-19)10-17(28)25-15-7-4-6-14(21)18(15)22/h2-9,11H,10H2,1H3,(H,25,28). The number of anilines is 1. The van der Waals surface area contributed by atoms with Crippen molar-refractivity contribution in [1.29, 1.82) is 0 Å². The summed E-state index contributed by atoms with van der Waals surface area (Å²) in [5, 5.41) is 7.84. The van der Waals surface area contributed by atoms with Crippen LogP contribution in [-0.4, -0.2) is 25.2 Å². The molecule has 4 rings (SSSR count). The normalized spacial score (nSPS) is 11.0. The van der Waals surface area contributed by atoms with E-state index in [0.717, 1.165) is 11.3 Å². The van der Waals surface area contributed by atoms with Crippen molar-refractivity contribution in [2.45, 2.75) is 13.5 Å². The molecule has 0 spiro atoms. The lowest BCUT2D eigenvalue weighted by atomic mass is 10.2. The molecule has 0 aliphatic carbocycles. The molecule has 29 heavy (non-hydrogen) atoms. The number of carbonyl (C=O) groups is 1. The van der Waals surface area contributed by atoms with Crippen LogP contribution in [0.1, 0.15) is 5.56 Å². The lowest BCUT2D eigenvalue weighted by Crippen LogP contribution is -2.28. The van der Waals surface area contributed by atoms with Crippen molar-refractivity contribution in [3.05, 3.63) is 81.0 Å². The fourth-order valence-electron chi connectivity index (χ4n) is 2.98. The first-order valence-corrected chi connectivity index (χ1v) is 9.44. The zero-order valence-corrected chi connectivity index (χ0v) is 16.8. The van der Waals surface area contributed by atoms with Crippen LogP contribution < -0.4 is 10.9 Å². The Hall–Kier alpha value is -3.16. The maximum absolute atomic E-state index is 12.8.